The first kappa shape index (κ1) is 24.5. The molecular formula is C23H27FN4O4S. The van der Waals surface area contributed by atoms with E-state index in [1.807, 2.05) is 20.8 Å². The Morgan fingerprint density at radius 2 is 1.73 bits per heavy atom. The van der Waals surface area contributed by atoms with Crippen molar-refractivity contribution >= 4 is 15.9 Å². The topological polar surface area (TPSA) is 114 Å². The summed E-state index contributed by atoms with van der Waals surface area (Å²) in [5.74, 6) is -0.297. The van der Waals surface area contributed by atoms with E-state index in [-0.39, 0.29) is 46.7 Å². The Hall–Kier alpha value is -3.11. The number of carbonyl (C=O) groups is 1. The monoisotopic (exact) mass is 474 g/mol. The molecule has 8 nitrogen and oxygen atoms in total. The van der Waals surface area contributed by atoms with E-state index in [1.165, 1.54) is 24.3 Å². The molecule has 1 aromatic heterocycles. The Morgan fingerprint density at radius 3 is 2.33 bits per heavy atom. The summed E-state index contributed by atoms with van der Waals surface area (Å²) in [5, 5.41) is 6.53. The average molecular weight is 475 g/mol. The summed E-state index contributed by atoms with van der Waals surface area (Å²) >= 11 is 0. The van der Waals surface area contributed by atoms with Crippen LogP contribution in [0, 0.1) is 5.82 Å². The summed E-state index contributed by atoms with van der Waals surface area (Å²) in [6, 6.07) is 11.7. The van der Waals surface area contributed by atoms with Gasteiger partial charge in [-0.15, -0.1) is 0 Å². The van der Waals surface area contributed by atoms with Gasteiger partial charge < -0.3 is 9.84 Å². The van der Waals surface area contributed by atoms with Crippen molar-refractivity contribution in [2.75, 3.05) is 6.54 Å². The molecule has 2 aromatic carbocycles. The van der Waals surface area contributed by atoms with E-state index in [2.05, 4.69) is 20.2 Å². The molecule has 10 heteroatoms. The highest BCUT2D eigenvalue weighted by Crippen LogP contribution is 2.23. The van der Waals surface area contributed by atoms with Crippen LogP contribution in [0.2, 0.25) is 0 Å². The second-order valence-corrected chi connectivity index (χ2v) is 10.4. The Balaban J connectivity index is 1.51. The van der Waals surface area contributed by atoms with Crippen molar-refractivity contribution in [1.82, 2.24) is 20.2 Å². The second-order valence-electron chi connectivity index (χ2n) is 8.67. The molecule has 0 aliphatic rings. The Kier molecular flexibility index (Phi) is 7.28. The maximum atomic E-state index is 13.1. The standard InChI is InChI=1S/C23H27FN4O4S/c1-15(22-27-21(28-32-22)16-5-9-18(24)10-6-16)26-20(29)13-14-25-33(30,31)19-11-7-17(8-12-19)23(2,3)4/h5-12,15,25H,13-14H2,1-4H3,(H,26,29). The highest BCUT2D eigenvalue weighted by atomic mass is 32.2. The summed E-state index contributed by atoms with van der Waals surface area (Å²) in [7, 11) is -3.73. The number of aromatic nitrogens is 2. The third kappa shape index (κ3) is 6.45. The molecule has 0 radical (unpaired) electrons. The van der Waals surface area contributed by atoms with Gasteiger partial charge in [0.25, 0.3) is 0 Å². The van der Waals surface area contributed by atoms with E-state index in [0.29, 0.717) is 5.56 Å². The molecule has 0 aliphatic carbocycles. The second kappa shape index (κ2) is 9.80. The molecule has 0 fully saturated rings. The summed E-state index contributed by atoms with van der Waals surface area (Å²) in [5.41, 5.74) is 1.52. The largest absolute Gasteiger partial charge is 0.345 e. The summed E-state index contributed by atoms with van der Waals surface area (Å²) in [6.45, 7) is 7.75. The highest BCUT2D eigenvalue weighted by molar-refractivity contribution is 7.89. The number of sulfonamides is 1. The number of amides is 1. The minimum absolute atomic E-state index is 0.0629. The highest BCUT2D eigenvalue weighted by Gasteiger charge is 2.20. The zero-order valence-corrected chi connectivity index (χ0v) is 19.7. The third-order valence-corrected chi connectivity index (χ3v) is 6.44. The van der Waals surface area contributed by atoms with Crippen LogP contribution in [0.15, 0.2) is 57.9 Å². The number of nitrogens with one attached hydrogen (secondary N) is 2. The molecule has 1 atom stereocenters. The smallest absolute Gasteiger partial charge is 0.249 e. The van der Waals surface area contributed by atoms with Gasteiger partial charge in [-0.2, -0.15) is 4.98 Å². The molecule has 3 rings (SSSR count). The van der Waals surface area contributed by atoms with Gasteiger partial charge in [0.1, 0.15) is 11.9 Å². The number of carbonyl (C=O) groups excluding carboxylic acids is 1. The van der Waals surface area contributed by atoms with Crippen molar-refractivity contribution in [1.29, 1.82) is 0 Å². The van der Waals surface area contributed by atoms with Gasteiger partial charge in [0, 0.05) is 18.5 Å². The molecule has 0 spiro atoms. The van der Waals surface area contributed by atoms with Gasteiger partial charge in [-0.05, 0) is 54.3 Å². The molecule has 1 unspecified atom stereocenters. The SMILES string of the molecule is CC(NC(=O)CCNS(=O)(=O)c1ccc(C(C)(C)C)cc1)c1nc(-c2ccc(F)cc2)no1. The van der Waals surface area contributed by atoms with Crippen LogP contribution >= 0.6 is 0 Å². The lowest BCUT2D eigenvalue weighted by Crippen LogP contribution is -2.32. The first-order valence-corrected chi connectivity index (χ1v) is 11.9. The molecule has 2 N–H and O–H groups in total. The molecule has 0 saturated heterocycles. The molecule has 176 valence electrons. The molecule has 1 heterocycles. The van der Waals surface area contributed by atoms with Crippen LogP contribution in [-0.4, -0.2) is 31.0 Å². The molecule has 0 saturated carbocycles. The Labute approximate surface area is 192 Å². The van der Waals surface area contributed by atoms with E-state index in [9.17, 15) is 17.6 Å². The van der Waals surface area contributed by atoms with Crippen LogP contribution in [-0.2, 0) is 20.2 Å². The van der Waals surface area contributed by atoms with Crippen LogP contribution in [0.5, 0.6) is 0 Å². The van der Waals surface area contributed by atoms with Gasteiger partial charge in [-0.25, -0.2) is 17.5 Å². The Morgan fingerprint density at radius 1 is 1.09 bits per heavy atom. The number of hydrogen-bond donors (Lipinski definition) is 2. The molecule has 1 amide bonds. The predicted molar refractivity (Wildman–Crippen MR) is 121 cm³/mol. The van der Waals surface area contributed by atoms with Crippen molar-refractivity contribution in [3.8, 4) is 11.4 Å². The number of rotatable bonds is 8. The molecule has 0 aliphatic heterocycles. The quantitative estimate of drug-likeness (QED) is 0.514. The average Bonchev–Trinajstić information content (AvgIpc) is 3.24. The van der Waals surface area contributed by atoms with Crippen molar-refractivity contribution in [3.63, 3.8) is 0 Å². The molecule has 3 aromatic rings. The van der Waals surface area contributed by atoms with Gasteiger partial charge in [0.15, 0.2) is 0 Å². The van der Waals surface area contributed by atoms with E-state index < -0.39 is 16.1 Å². The van der Waals surface area contributed by atoms with Crippen LogP contribution in [0.4, 0.5) is 4.39 Å². The van der Waals surface area contributed by atoms with Gasteiger partial charge in [-0.3, -0.25) is 4.79 Å². The van der Waals surface area contributed by atoms with Gasteiger partial charge >= 0.3 is 0 Å². The number of halogens is 1. The Bertz CT molecular complexity index is 1200. The fourth-order valence-electron chi connectivity index (χ4n) is 3.02. The first-order valence-electron chi connectivity index (χ1n) is 10.4. The lowest BCUT2D eigenvalue weighted by Gasteiger charge is -2.19. The maximum Gasteiger partial charge on any atom is 0.249 e. The normalized spacial score (nSPS) is 13.0. The van der Waals surface area contributed by atoms with Gasteiger partial charge in [0.2, 0.25) is 27.6 Å². The number of benzene rings is 2. The predicted octanol–water partition coefficient (Wildman–Crippen LogP) is 3.72. The third-order valence-electron chi connectivity index (χ3n) is 4.97. The number of hydrogen-bond acceptors (Lipinski definition) is 6. The van der Waals surface area contributed by atoms with Crippen molar-refractivity contribution in [2.24, 2.45) is 0 Å². The summed E-state index contributed by atoms with van der Waals surface area (Å²) in [4.78, 5) is 16.6. The van der Waals surface area contributed by atoms with Crippen molar-refractivity contribution in [2.45, 2.75) is 50.5 Å². The van der Waals surface area contributed by atoms with Crippen molar-refractivity contribution < 1.29 is 22.1 Å². The molecular weight excluding hydrogens is 447 g/mol. The fourth-order valence-corrected chi connectivity index (χ4v) is 4.05. The number of nitrogens with zero attached hydrogens (tertiary/aromatic N) is 2. The van der Waals surface area contributed by atoms with E-state index >= 15 is 0 Å². The van der Waals surface area contributed by atoms with E-state index in [0.717, 1.165) is 5.56 Å². The zero-order valence-electron chi connectivity index (χ0n) is 18.9. The minimum atomic E-state index is -3.73. The maximum absolute atomic E-state index is 13.1. The van der Waals surface area contributed by atoms with Crippen LogP contribution in [0.25, 0.3) is 11.4 Å². The summed E-state index contributed by atoms with van der Waals surface area (Å²) in [6.07, 6.45) is -0.0669. The molecule has 0 bridgehead atoms. The van der Waals surface area contributed by atoms with Crippen LogP contribution in [0.1, 0.15) is 51.6 Å². The van der Waals surface area contributed by atoms with E-state index in [1.54, 1.807) is 31.2 Å². The van der Waals surface area contributed by atoms with Gasteiger partial charge in [0.05, 0.1) is 4.90 Å². The lowest BCUT2D eigenvalue weighted by atomic mass is 9.87. The lowest BCUT2D eigenvalue weighted by molar-refractivity contribution is -0.121. The van der Waals surface area contributed by atoms with Crippen molar-refractivity contribution in [3.05, 3.63) is 65.8 Å². The molecule has 33 heavy (non-hydrogen) atoms. The van der Waals surface area contributed by atoms with Crippen LogP contribution in [0.3, 0.4) is 0 Å². The fraction of sp³-hybridized carbons (Fsp3) is 0.348. The zero-order chi connectivity index (χ0) is 24.2. The van der Waals surface area contributed by atoms with E-state index in [4.69, 9.17) is 4.52 Å². The van der Waals surface area contributed by atoms with Gasteiger partial charge in [-0.1, -0.05) is 38.1 Å². The van der Waals surface area contributed by atoms with Crippen LogP contribution < -0.4 is 10.0 Å². The summed E-state index contributed by atoms with van der Waals surface area (Å²) < 4.78 is 45.6. The first-order chi connectivity index (χ1) is 15.5. The minimum Gasteiger partial charge on any atom is -0.345 e.